The van der Waals surface area contributed by atoms with Crippen LogP contribution >= 0.6 is 11.3 Å². The minimum Gasteiger partial charge on any atom is -0.326 e. The van der Waals surface area contributed by atoms with Crippen LogP contribution < -0.4 is 10.0 Å². The van der Waals surface area contributed by atoms with E-state index in [9.17, 15) is 13.2 Å². The number of nitrogens with one attached hydrogen (secondary N) is 2. The molecule has 0 unspecified atom stereocenters. The molecular formula is C19H21N3O3S2. The Morgan fingerprint density at radius 1 is 1.11 bits per heavy atom. The second kappa shape index (κ2) is 7.75. The zero-order chi connectivity index (χ0) is 19.6. The summed E-state index contributed by atoms with van der Waals surface area (Å²) < 4.78 is 28.4. The molecule has 0 saturated carbocycles. The van der Waals surface area contributed by atoms with Crippen LogP contribution in [0.4, 0.5) is 5.69 Å². The minimum absolute atomic E-state index is 0.0312. The van der Waals surface area contributed by atoms with Gasteiger partial charge < -0.3 is 5.32 Å². The summed E-state index contributed by atoms with van der Waals surface area (Å²) in [7, 11) is -3.64. The molecule has 2 N–H and O–H groups in total. The van der Waals surface area contributed by atoms with Crippen LogP contribution in [-0.4, -0.2) is 25.9 Å². The van der Waals surface area contributed by atoms with Gasteiger partial charge in [0.2, 0.25) is 15.9 Å². The molecule has 0 atom stereocenters. The van der Waals surface area contributed by atoms with Crippen molar-refractivity contribution in [2.75, 3.05) is 11.9 Å². The first-order valence-corrected chi connectivity index (χ1v) is 10.8. The van der Waals surface area contributed by atoms with Crippen molar-refractivity contribution in [3.05, 3.63) is 52.5 Å². The Balaban J connectivity index is 1.59. The van der Waals surface area contributed by atoms with Gasteiger partial charge in [-0.25, -0.2) is 18.1 Å². The third-order valence-electron chi connectivity index (χ3n) is 4.06. The van der Waals surface area contributed by atoms with Crippen LogP contribution in [0.3, 0.4) is 0 Å². The van der Waals surface area contributed by atoms with Gasteiger partial charge in [0.1, 0.15) is 0 Å². The van der Waals surface area contributed by atoms with Gasteiger partial charge in [-0.1, -0.05) is 12.1 Å². The molecule has 142 valence electrons. The van der Waals surface area contributed by atoms with Crippen LogP contribution in [0.2, 0.25) is 0 Å². The summed E-state index contributed by atoms with van der Waals surface area (Å²) in [5, 5.41) is 3.76. The summed E-state index contributed by atoms with van der Waals surface area (Å²) in [5.41, 5.74) is 3.11. The zero-order valence-corrected chi connectivity index (χ0v) is 17.0. The van der Waals surface area contributed by atoms with Gasteiger partial charge in [0.05, 0.1) is 20.1 Å². The maximum Gasteiger partial charge on any atom is 0.240 e. The molecule has 6 nitrogen and oxygen atoms in total. The lowest BCUT2D eigenvalue weighted by Crippen LogP contribution is -2.28. The van der Waals surface area contributed by atoms with Crippen molar-refractivity contribution in [3.8, 4) is 0 Å². The second-order valence-corrected chi connectivity index (χ2v) is 9.35. The van der Waals surface area contributed by atoms with Crippen molar-refractivity contribution in [3.63, 3.8) is 0 Å². The summed E-state index contributed by atoms with van der Waals surface area (Å²) >= 11 is 1.56. The van der Waals surface area contributed by atoms with Gasteiger partial charge in [-0.15, -0.1) is 11.3 Å². The number of fused-ring (bicyclic) bond motifs is 1. The molecule has 1 heterocycles. The van der Waals surface area contributed by atoms with Gasteiger partial charge >= 0.3 is 0 Å². The number of thiazole rings is 1. The Bertz CT molecular complexity index is 1100. The Kier molecular flexibility index (Phi) is 5.59. The minimum atomic E-state index is -3.64. The van der Waals surface area contributed by atoms with Crippen LogP contribution in [0.25, 0.3) is 10.2 Å². The van der Waals surface area contributed by atoms with E-state index in [2.05, 4.69) is 15.0 Å². The fourth-order valence-electron chi connectivity index (χ4n) is 2.71. The number of rotatable bonds is 6. The molecule has 0 aliphatic rings. The molecule has 0 radical (unpaired) electrons. The number of benzene rings is 2. The molecule has 0 spiro atoms. The van der Waals surface area contributed by atoms with Crippen LogP contribution in [-0.2, 0) is 14.8 Å². The number of aromatic nitrogens is 1. The van der Waals surface area contributed by atoms with E-state index in [-0.39, 0.29) is 23.8 Å². The van der Waals surface area contributed by atoms with E-state index in [1.165, 1.54) is 0 Å². The molecule has 2 aromatic carbocycles. The number of carbonyl (C=O) groups is 1. The number of sulfonamides is 1. The van der Waals surface area contributed by atoms with Gasteiger partial charge in [0.25, 0.3) is 0 Å². The van der Waals surface area contributed by atoms with Gasteiger partial charge in [-0.2, -0.15) is 0 Å². The van der Waals surface area contributed by atoms with Gasteiger partial charge in [0.15, 0.2) is 0 Å². The first-order chi connectivity index (χ1) is 12.7. The summed E-state index contributed by atoms with van der Waals surface area (Å²) in [5.74, 6) is -0.251. The fraction of sp³-hybridized carbons (Fsp3) is 0.263. The smallest absolute Gasteiger partial charge is 0.240 e. The molecule has 0 saturated heterocycles. The van der Waals surface area contributed by atoms with Crippen LogP contribution in [0.1, 0.15) is 22.6 Å². The largest absolute Gasteiger partial charge is 0.326 e. The summed E-state index contributed by atoms with van der Waals surface area (Å²) in [6, 6.07) is 10.8. The lowest BCUT2D eigenvalue weighted by molar-refractivity contribution is -0.116. The topological polar surface area (TPSA) is 88.2 Å². The van der Waals surface area contributed by atoms with E-state index in [1.807, 2.05) is 32.0 Å². The number of hydrogen-bond acceptors (Lipinski definition) is 5. The second-order valence-electron chi connectivity index (χ2n) is 6.38. The number of carbonyl (C=O) groups excluding carboxylic acids is 1. The first-order valence-electron chi connectivity index (χ1n) is 8.48. The molecule has 1 aromatic heterocycles. The number of hydrogen-bond donors (Lipinski definition) is 2. The third kappa shape index (κ3) is 4.71. The average molecular weight is 404 g/mol. The molecule has 0 aliphatic carbocycles. The van der Waals surface area contributed by atoms with Crippen molar-refractivity contribution in [2.45, 2.75) is 32.1 Å². The number of aryl methyl sites for hydroxylation is 3. The highest BCUT2D eigenvalue weighted by Gasteiger charge is 2.17. The SMILES string of the molecule is Cc1ccc(C)c(S(=O)(=O)NCCC(=O)Nc2ccc3nc(C)sc3c2)c1. The Labute approximate surface area is 162 Å². The predicted octanol–water partition coefficient (Wildman–Crippen LogP) is 3.53. The standard InChI is InChI=1S/C19H21N3O3S2/c1-12-4-5-13(2)18(10-12)27(24,25)20-9-8-19(23)22-15-6-7-16-17(11-15)26-14(3)21-16/h4-7,10-11,20H,8-9H2,1-3H3,(H,22,23). The number of nitrogens with zero attached hydrogens (tertiary/aromatic N) is 1. The van der Waals surface area contributed by atoms with Crippen LogP contribution in [0, 0.1) is 20.8 Å². The number of anilines is 1. The summed E-state index contributed by atoms with van der Waals surface area (Å²) in [6.07, 6.45) is 0.0455. The van der Waals surface area contributed by atoms with Crippen molar-refractivity contribution >= 4 is 43.2 Å². The molecular weight excluding hydrogens is 382 g/mol. The monoisotopic (exact) mass is 403 g/mol. The van der Waals surface area contributed by atoms with Crippen molar-refractivity contribution < 1.29 is 13.2 Å². The average Bonchev–Trinajstić information content (AvgIpc) is 2.96. The first kappa shape index (κ1) is 19.5. The highest BCUT2D eigenvalue weighted by molar-refractivity contribution is 7.89. The highest BCUT2D eigenvalue weighted by atomic mass is 32.2. The van der Waals surface area contributed by atoms with Crippen molar-refractivity contribution in [1.29, 1.82) is 0 Å². The van der Waals surface area contributed by atoms with E-state index in [0.717, 1.165) is 20.8 Å². The predicted molar refractivity (Wildman–Crippen MR) is 109 cm³/mol. The van der Waals surface area contributed by atoms with Gasteiger partial charge in [-0.3, -0.25) is 4.79 Å². The third-order valence-corrected chi connectivity index (χ3v) is 6.59. The molecule has 0 aliphatic heterocycles. The van der Waals surface area contributed by atoms with Crippen molar-refractivity contribution in [1.82, 2.24) is 9.71 Å². The van der Waals surface area contributed by atoms with E-state index >= 15 is 0 Å². The maximum absolute atomic E-state index is 12.4. The molecule has 0 fully saturated rings. The molecule has 3 aromatic rings. The Hall–Kier alpha value is -2.29. The van der Waals surface area contributed by atoms with Gasteiger partial charge in [0, 0.05) is 18.7 Å². The summed E-state index contributed by atoms with van der Waals surface area (Å²) in [6.45, 7) is 5.56. The normalized spacial score (nSPS) is 11.7. The van der Waals surface area contributed by atoms with E-state index in [1.54, 1.807) is 36.5 Å². The number of amides is 1. The lowest BCUT2D eigenvalue weighted by atomic mass is 10.2. The van der Waals surface area contributed by atoms with E-state index in [0.29, 0.717) is 11.3 Å². The van der Waals surface area contributed by atoms with Crippen molar-refractivity contribution in [2.24, 2.45) is 0 Å². The molecule has 8 heteroatoms. The fourth-order valence-corrected chi connectivity index (χ4v) is 4.94. The quantitative estimate of drug-likeness (QED) is 0.659. The van der Waals surface area contributed by atoms with Crippen LogP contribution in [0.5, 0.6) is 0 Å². The maximum atomic E-state index is 12.4. The van der Waals surface area contributed by atoms with E-state index < -0.39 is 10.0 Å². The zero-order valence-electron chi connectivity index (χ0n) is 15.4. The molecule has 27 heavy (non-hydrogen) atoms. The summed E-state index contributed by atoms with van der Waals surface area (Å²) in [4.78, 5) is 16.8. The highest BCUT2D eigenvalue weighted by Crippen LogP contribution is 2.24. The van der Waals surface area contributed by atoms with E-state index in [4.69, 9.17) is 0 Å². The molecule has 1 amide bonds. The van der Waals surface area contributed by atoms with Crippen LogP contribution in [0.15, 0.2) is 41.3 Å². The molecule has 0 bridgehead atoms. The lowest BCUT2D eigenvalue weighted by Gasteiger charge is -2.10. The van der Waals surface area contributed by atoms with Gasteiger partial charge in [-0.05, 0) is 56.2 Å². The Morgan fingerprint density at radius 2 is 1.89 bits per heavy atom. The molecule has 3 rings (SSSR count). The Morgan fingerprint density at radius 3 is 2.67 bits per heavy atom.